The maximum absolute atomic E-state index is 12.3. The van der Waals surface area contributed by atoms with Crippen molar-refractivity contribution in [1.29, 1.82) is 0 Å². The Morgan fingerprint density at radius 3 is 2.67 bits per heavy atom. The summed E-state index contributed by atoms with van der Waals surface area (Å²) in [7, 11) is 0. The van der Waals surface area contributed by atoms with Crippen molar-refractivity contribution in [3.05, 3.63) is 78.3 Å². The molecule has 0 saturated carbocycles. The summed E-state index contributed by atoms with van der Waals surface area (Å²) in [4.78, 5) is 24.7. The molecule has 3 aromatic rings. The number of furan rings is 1. The number of carbonyl (C=O) groups excluding carboxylic acids is 2. The predicted molar refractivity (Wildman–Crippen MR) is 124 cm³/mol. The summed E-state index contributed by atoms with van der Waals surface area (Å²) in [6.07, 6.45) is 3.83. The van der Waals surface area contributed by atoms with Crippen molar-refractivity contribution in [2.45, 2.75) is 25.5 Å². The van der Waals surface area contributed by atoms with E-state index < -0.39 is 0 Å². The fourth-order valence-electron chi connectivity index (χ4n) is 3.44. The Bertz CT molecular complexity index is 1040. The standard InChI is InChI=1S/C25H27N3O5/c29-24(28-19-8-10-21(11-9-19)33-17-23-7-3-13-32-23)16-26-20-5-1-4-18(14-20)25(30)27-15-22-6-2-12-31-22/h1-2,4-6,8-12,14,23,26H,3,7,13,15-17H2,(H,27,30)(H,28,29). The van der Waals surface area contributed by atoms with Gasteiger partial charge in [0.25, 0.3) is 5.91 Å². The van der Waals surface area contributed by atoms with Crippen LogP contribution in [0.25, 0.3) is 0 Å². The summed E-state index contributed by atoms with van der Waals surface area (Å²) >= 11 is 0. The van der Waals surface area contributed by atoms with Crippen LogP contribution in [0.2, 0.25) is 0 Å². The molecule has 1 fully saturated rings. The highest BCUT2D eigenvalue weighted by atomic mass is 16.5. The van der Waals surface area contributed by atoms with Gasteiger partial charge in [0.15, 0.2) is 0 Å². The van der Waals surface area contributed by atoms with Crippen LogP contribution in [0.5, 0.6) is 5.75 Å². The highest BCUT2D eigenvalue weighted by Crippen LogP contribution is 2.18. The molecule has 33 heavy (non-hydrogen) atoms. The Morgan fingerprint density at radius 1 is 1.03 bits per heavy atom. The smallest absolute Gasteiger partial charge is 0.251 e. The molecule has 0 bridgehead atoms. The van der Waals surface area contributed by atoms with E-state index in [1.54, 1.807) is 54.8 Å². The van der Waals surface area contributed by atoms with Crippen LogP contribution in [0.1, 0.15) is 29.0 Å². The molecule has 0 aliphatic carbocycles. The van der Waals surface area contributed by atoms with E-state index in [4.69, 9.17) is 13.9 Å². The normalized spacial score (nSPS) is 15.1. The van der Waals surface area contributed by atoms with E-state index in [2.05, 4.69) is 16.0 Å². The van der Waals surface area contributed by atoms with Crippen LogP contribution in [-0.4, -0.2) is 37.7 Å². The van der Waals surface area contributed by atoms with Gasteiger partial charge in [0.2, 0.25) is 5.91 Å². The molecule has 1 aliphatic rings. The van der Waals surface area contributed by atoms with E-state index in [-0.39, 0.29) is 24.5 Å². The highest BCUT2D eigenvalue weighted by molar-refractivity contribution is 5.96. The van der Waals surface area contributed by atoms with Crippen LogP contribution in [0, 0.1) is 0 Å². The van der Waals surface area contributed by atoms with Gasteiger partial charge in [-0.1, -0.05) is 6.07 Å². The molecular weight excluding hydrogens is 422 g/mol. The van der Waals surface area contributed by atoms with E-state index in [9.17, 15) is 9.59 Å². The molecule has 0 radical (unpaired) electrons. The first-order valence-electron chi connectivity index (χ1n) is 10.9. The van der Waals surface area contributed by atoms with E-state index in [1.807, 2.05) is 12.1 Å². The molecule has 2 aromatic carbocycles. The van der Waals surface area contributed by atoms with Gasteiger partial charge < -0.3 is 29.8 Å². The lowest BCUT2D eigenvalue weighted by molar-refractivity contribution is -0.114. The number of benzene rings is 2. The summed E-state index contributed by atoms with van der Waals surface area (Å²) < 4.78 is 16.5. The molecule has 4 rings (SSSR count). The zero-order valence-corrected chi connectivity index (χ0v) is 18.2. The summed E-state index contributed by atoms with van der Waals surface area (Å²) in [5, 5.41) is 8.68. The number of ether oxygens (including phenoxy) is 2. The second-order valence-corrected chi connectivity index (χ2v) is 7.71. The highest BCUT2D eigenvalue weighted by Gasteiger charge is 2.16. The van der Waals surface area contributed by atoms with Gasteiger partial charge in [-0.15, -0.1) is 0 Å². The van der Waals surface area contributed by atoms with Gasteiger partial charge in [-0.05, 0) is 67.4 Å². The number of anilines is 2. The fraction of sp³-hybridized carbons (Fsp3) is 0.280. The van der Waals surface area contributed by atoms with Crippen molar-refractivity contribution in [2.24, 2.45) is 0 Å². The van der Waals surface area contributed by atoms with Gasteiger partial charge in [0.1, 0.15) is 18.1 Å². The lowest BCUT2D eigenvalue weighted by Crippen LogP contribution is -2.23. The van der Waals surface area contributed by atoms with Crippen LogP contribution in [-0.2, 0) is 16.1 Å². The molecule has 8 heteroatoms. The Hall–Kier alpha value is -3.78. The number of amides is 2. The lowest BCUT2D eigenvalue weighted by Gasteiger charge is -2.12. The first-order valence-corrected chi connectivity index (χ1v) is 10.9. The van der Waals surface area contributed by atoms with Crippen LogP contribution < -0.4 is 20.7 Å². The summed E-state index contributed by atoms with van der Waals surface area (Å²) in [6, 6.07) is 17.8. The molecule has 8 nitrogen and oxygen atoms in total. The van der Waals surface area contributed by atoms with E-state index in [0.29, 0.717) is 35.9 Å². The van der Waals surface area contributed by atoms with Gasteiger partial charge >= 0.3 is 0 Å². The van der Waals surface area contributed by atoms with Gasteiger partial charge in [-0.25, -0.2) is 0 Å². The van der Waals surface area contributed by atoms with Crippen LogP contribution in [0.3, 0.4) is 0 Å². The first kappa shape index (κ1) is 22.4. The summed E-state index contributed by atoms with van der Waals surface area (Å²) in [6.45, 7) is 1.71. The molecule has 2 amide bonds. The van der Waals surface area contributed by atoms with Crippen LogP contribution in [0.4, 0.5) is 11.4 Å². The van der Waals surface area contributed by atoms with Crippen molar-refractivity contribution < 1.29 is 23.5 Å². The summed E-state index contributed by atoms with van der Waals surface area (Å²) in [5.74, 6) is 0.998. The van der Waals surface area contributed by atoms with E-state index >= 15 is 0 Å². The predicted octanol–water partition coefficient (Wildman–Crippen LogP) is 3.82. The third-order valence-corrected chi connectivity index (χ3v) is 5.18. The van der Waals surface area contributed by atoms with Gasteiger partial charge in [-0.2, -0.15) is 0 Å². The zero-order valence-electron chi connectivity index (χ0n) is 18.2. The second-order valence-electron chi connectivity index (χ2n) is 7.71. The topological polar surface area (TPSA) is 102 Å². The molecule has 3 N–H and O–H groups in total. The number of hydrogen-bond acceptors (Lipinski definition) is 6. The maximum Gasteiger partial charge on any atom is 0.251 e. The third-order valence-electron chi connectivity index (χ3n) is 5.18. The number of rotatable bonds is 10. The van der Waals surface area contributed by atoms with E-state index in [0.717, 1.165) is 25.2 Å². The average molecular weight is 450 g/mol. The van der Waals surface area contributed by atoms with Crippen molar-refractivity contribution in [3.63, 3.8) is 0 Å². The molecule has 1 atom stereocenters. The van der Waals surface area contributed by atoms with Crippen LogP contribution in [0.15, 0.2) is 71.3 Å². The molecule has 172 valence electrons. The largest absolute Gasteiger partial charge is 0.491 e. The van der Waals surface area contributed by atoms with E-state index in [1.165, 1.54) is 0 Å². The third kappa shape index (κ3) is 6.85. The second kappa shape index (κ2) is 11.2. The van der Waals surface area contributed by atoms with Gasteiger partial charge in [0, 0.05) is 23.5 Å². The van der Waals surface area contributed by atoms with Crippen LogP contribution >= 0.6 is 0 Å². The fourth-order valence-corrected chi connectivity index (χ4v) is 3.44. The molecule has 1 aliphatic heterocycles. The van der Waals surface area contributed by atoms with Crippen molar-refractivity contribution in [1.82, 2.24) is 5.32 Å². The monoisotopic (exact) mass is 449 g/mol. The first-order chi connectivity index (χ1) is 16.2. The molecule has 1 aromatic heterocycles. The Labute approximate surface area is 192 Å². The molecule has 1 saturated heterocycles. The Balaban J connectivity index is 1.21. The summed E-state index contributed by atoms with van der Waals surface area (Å²) in [5.41, 5.74) is 1.84. The van der Waals surface area contributed by atoms with Crippen molar-refractivity contribution in [3.8, 4) is 5.75 Å². The quantitative estimate of drug-likeness (QED) is 0.435. The minimum absolute atomic E-state index is 0.0642. The Morgan fingerprint density at radius 2 is 1.91 bits per heavy atom. The molecule has 0 spiro atoms. The Kier molecular flexibility index (Phi) is 7.60. The minimum Gasteiger partial charge on any atom is -0.491 e. The van der Waals surface area contributed by atoms with Gasteiger partial charge in [-0.3, -0.25) is 9.59 Å². The maximum atomic E-state index is 12.3. The molecule has 2 heterocycles. The zero-order chi connectivity index (χ0) is 22.9. The molecular formula is C25H27N3O5. The number of hydrogen-bond donors (Lipinski definition) is 3. The lowest BCUT2D eigenvalue weighted by atomic mass is 10.2. The number of nitrogens with one attached hydrogen (secondary N) is 3. The van der Waals surface area contributed by atoms with Crippen molar-refractivity contribution in [2.75, 3.05) is 30.4 Å². The molecule has 1 unspecified atom stereocenters. The number of carbonyl (C=O) groups is 2. The average Bonchev–Trinajstić information content (AvgIpc) is 3.55. The van der Waals surface area contributed by atoms with Crippen molar-refractivity contribution >= 4 is 23.2 Å². The minimum atomic E-state index is -0.221. The SMILES string of the molecule is O=C(CNc1cccc(C(=O)NCc2ccco2)c1)Nc1ccc(OCC2CCCO2)cc1. The van der Waals surface area contributed by atoms with Gasteiger partial charge in [0.05, 0.1) is 25.5 Å².